The van der Waals surface area contributed by atoms with Gasteiger partial charge in [0.25, 0.3) is 0 Å². The number of aromatic carboxylic acids is 2. The Morgan fingerprint density at radius 1 is 0.719 bits per heavy atom. The molecule has 0 saturated carbocycles. The molecule has 166 valence electrons. The summed E-state index contributed by atoms with van der Waals surface area (Å²) in [6, 6.07) is 13.8. The summed E-state index contributed by atoms with van der Waals surface area (Å²) in [5.41, 5.74) is 3.25. The van der Waals surface area contributed by atoms with Gasteiger partial charge >= 0.3 is 11.9 Å². The Morgan fingerprint density at radius 3 is 1.47 bits per heavy atom. The zero-order valence-electron chi connectivity index (χ0n) is 18.2. The average molecular weight is 435 g/mol. The Kier molecular flexibility index (Phi) is 6.11. The van der Waals surface area contributed by atoms with E-state index in [9.17, 15) is 30.0 Å². The molecule has 0 aliphatic heterocycles. The third-order valence-electron chi connectivity index (χ3n) is 5.52. The van der Waals surface area contributed by atoms with Crippen molar-refractivity contribution in [1.29, 1.82) is 0 Å². The van der Waals surface area contributed by atoms with Crippen LogP contribution in [0, 0.1) is 13.8 Å². The van der Waals surface area contributed by atoms with Crippen molar-refractivity contribution in [3.05, 3.63) is 87.5 Å². The highest BCUT2D eigenvalue weighted by Crippen LogP contribution is 2.38. The summed E-state index contributed by atoms with van der Waals surface area (Å²) in [7, 11) is 3.83. The smallest absolute Gasteiger partial charge is 0.339 e. The predicted octanol–water partition coefficient (Wildman–Crippen LogP) is 4.36. The van der Waals surface area contributed by atoms with Crippen LogP contribution in [0.1, 0.15) is 54.5 Å². The van der Waals surface area contributed by atoms with Crippen molar-refractivity contribution in [3.8, 4) is 11.5 Å². The highest BCUT2D eigenvalue weighted by molar-refractivity contribution is 5.92. The fraction of sp³-hybridized carbons (Fsp3) is 0.200. The molecular formula is C25H25NO6. The van der Waals surface area contributed by atoms with Crippen LogP contribution in [0.4, 0.5) is 5.69 Å². The van der Waals surface area contributed by atoms with Crippen molar-refractivity contribution < 1.29 is 30.0 Å². The second-order valence-corrected chi connectivity index (χ2v) is 8.00. The number of hydrogen-bond acceptors (Lipinski definition) is 5. The van der Waals surface area contributed by atoms with Gasteiger partial charge in [0, 0.05) is 25.7 Å². The number of carbonyl (C=O) groups is 2. The Hall–Kier alpha value is -4.00. The van der Waals surface area contributed by atoms with Gasteiger partial charge in [0.05, 0.1) is 0 Å². The second-order valence-electron chi connectivity index (χ2n) is 8.00. The lowest BCUT2D eigenvalue weighted by molar-refractivity contribution is 0.0682. The third-order valence-corrected chi connectivity index (χ3v) is 5.52. The summed E-state index contributed by atoms with van der Waals surface area (Å²) in [4.78, 5) is 25.4. The van der Waals surface area contributed by atoms with Crippen LogP contribution in [-0.4, -0.2) is 46.5 Å². The molecule has 0 amide bonds. The summed E-state index contributed by atoms with van der Waals surface area (Å²) >= 11 is 0. The maximum Gasteiger partial charge on any atom is 0.339 e. The topological polar surface area (TPSA) is 118 Å². The van der Waals surface area contributed by atoms with E-state index in [1.165, 1.54) is 12.1 Å². The van der Waals surface area contributed by atoms with E-state index in [0.717, 1.165) is 11.3 Å². The van der Waals surface area contributed by atoms with E-state index in [4.69, 9.17) is 0 Å². The Labute approximate surface area is 185 Å². The van der Waals surface area contributed by atoms with Gasteiger partial charge in [0.15, 0.2) is 0 Å². The van der Waals surface area contributed by atoms with Crippen LogP contribution in [0.5, 0.6) is 11.5 Å². The molecule has 0 spiro atoms. The van der Waals surface area contributed by atoms with Crippen molar-refractivity contribution in [2.75, 3.05) is 19.0 Å². The van der Waals surface area contributed by atoms with Gasteiger partial charge in [-0.25, -0.2) is 9.59 Å². The zero-order valence-corrected chi connectivity index (χ0v) is 18.2. The molecule has 3 aromatic carbocycles. The van der Waals surface area contributed by atoms with E-state index >= 15 is 0 Å². The second kappa shape index (κ2) is 8.63. The van der Waals surface area contributed by atoms with E-state index in [1.807, 2.05) is 43.3 Å². The number of hydrogen-bond donors (Lipinski definition) is 4. The van der Waals surface area contributed by atoms with Crippen LogP contribution in [-0.2, 0) is 0 Å². The minimum absolute atomic E-state index is 0.233. The summed E-state index contributed by atoms with van der Waals surface area (Å²) in [6.07, 6.45) is 0. The molecule has 0 atom stereocenters. The first-order valence-electron chi connectivity index (χ1n) is 9.92. The van der Waals surface area contributed by atoms with Crippen LogP contribution >= 0.6 is 0 Å². The summed E-state index contributed by atoms with van der Waals surface area (Å²) < 4.78 is 0. The Morgan fingerprint density at radius 2 is 1.12 bits per heavy atom. The van der Waals surface area contributed by atoms with Crippen molar-refractivity contribution in [2.24, 2.45) is 0 Å². The molecule has 7 heteroatoms. The number of phenols is 2. The first-order valence-corrected chi connectivity index (χ1v) is 9.92. The van der Waals surface area contributed by atoms with Crippen molar-refractivity contribution in [2.45, 2.75) is 19.8 Å². The molecule has 3 rings (SSSR count). The number of anilines is 1. The minimum Gasteiger partial charge on any atom is -0.507 e. The summed E-state index contributed by atoms with van der Waals surface area (Å²) in [5.74, 6) is -3.67. The standard InChI is InChI=1S/C25H25NO6/c1-13-9-16(11-19(22(13)27)24(29)30)21(15-5-7-18(8-6-15)26(3)4)17-10-14(2)23(28)20(12-17)25(31)32/h5-12,21,27-28H,1-4H3,(H,29,30)(H,31,32). The molecular weight excluding hydrogens is 410 g/mol. The van der Waals surface area contributed by atoms with Crippen LogP contribution in [0.15, 0.2) is 48.5 Å². The van der Waals surface area contributed by atoms with Crippen LogP contribution in [0.2, 0.25) is 0 Å². The minimum atomic E-state index is -1.26. The summed E-state index contributed by atoms with van der Waals surface area (Å²) in [5, 5.41) is 39.5. The predicted molar refractivity (Wildman–Crippen MR) is 121 cm³/mol. The molecule has 0 bridgehead atoms. The van der Waals surface area contributed by atoms with Gasteiger partial charge in [-0.3, -0.25) is 0 Å². The largest absolute Gasteiger partial charge is 0.507 e. The maximum atomic E-state index is 11.7. The highest BCUT2D eigenvalue weighted by Gasteiger charge is 2.24. The molecule has 3 aromatic rings. The molecule has 4 N–H and O–H groups in total. The molecule has 0 aliphatic rings. The number of nitrogens with zero attached hydrogens (tertiary/aromatic N) is 1. The maximum absolute atomic E-state index is 11.7. The van der Waals surface area contributed by atoms with Crippen LogP contribution < -0.4 is 4.90 Å². The monoisotopic (exact) mass is 435 g/mol. The third kappa shape index (κ3) is 4.23. The molecule has 0 saturated heterocycles. The fourth-order valence-corrected chi connectivity index (χ4v) is 3.82. The Balaban J connectivity index is 2.31. The quantitative estimate of drug-likeness (QED) is 0.425. The van der Waals surface area contributed by atoms with Crippen LogP contribution in [0.3, 0.4) is 0 Å². The van der Waals surface area contributed by atoms with Gasteiger partial charge < -0.3 is 25.3 Å². The highest BCUT2D eigenvalue weighted by atomic mass is 16.4. The van der Waals surface area contributed by atoms with E-state index in [2.05, 4.69) is 0 Å². The SMILES string of the molecule is Cc1cc(C(c2ccc(N(C)C)cc2)c2cc(C)c(O)c(C(=O)O)c2)cc(C(=O)O)c1O. The van der Waals surface area contributed by atoms with Crippen LogP contribution in [0.25, 0.3) is 0 Å². The first-order chi connectivity index (χ1) is 15.0. The van der Waals surface area contributed by atoms with Gasteiger partial charge in [-0.2, -0.15) is 0 Å². The lowest BCUT2D eigenvalue weighted by atomic mass is 9.82. The first kappa shape index (κ1) is 22.7. The van der Waals surface area contributed by atoms with Crippen molar-refractivity contribution >= 4 is 17.6 Å². The fourth-order valence-electron chi connectivity index (χ4n) is 3.82. The van der Waals surface area contributed by atoms with Gasteiger partial charge in [0.1, 0.15) is 22.6 Å². The molecule has 32 heavy (non-hydrogen) atoms. The molecule has 0 fully saturated rings. The van der Waals surface area contributed by atoms with Crippen molar-refractivity contribution in [1.82, 2.24) is 0 Å². The normalized spacial score (nSPS) is 10.9. The summed E-state index contributed by atoms with van der Waals surface area (Å²) in [6.45, 7) is 3.23. The molecule has 0 radical (unpaired) electrons. The molecule has 0 aliphatic carbocycles. The van der Waals surface area contributed by atoms with Gasteiger partial charge in [-0.1, -0.05) is 24.3 Å². The lowest BCUT2D eigenvalue weighted by Crippen LogP contribution is -2.11. The van der Waals surface area contributed by atoms with Gasteiger partial charge in [-0.15, -0.1) is 0 Å². The molecule has 0 aromatic heterocycles. The molecule has 7 nitrogen and oxygen atoms in total. The number of aryl methyl sites for hydroxylation is 2. The van der Waals surface area contributed by atoms with Gasteiger partial charge in [0.2, 0.25) is 0 Å². The molecule has 0 heterocycles. The Bertz CT molecular complexity index is 1130. The zero-order chi connectivity index (χ0) is 23.7. The van der Waals surface area contributed by atoms with E-state index in [1.54, 1.807) is 26.0 Å². The van der Waals surface area contributed by atoms with Crippen molar-refractivity contribution in [3.63, 3.8) is 0 Å². The van der Waals surface area contributed by atoms with E-state index in [-0.39, 0.29) is 22.6 Å². The number of rotatable bonds is 6. The number of aromatic hydroxyl groups is 2. The average Bonchev–Trinajstić information content (AvgIpc) is 2.72. The van der Waals surface area contributed by atoms with E-state index < -0.39 is 17.9 Å². The molecule has 0 unspecified atom stereocenters. The number of benzene rings is 3. The van der Waals surface area contributed by atoms with Gasteiger partial charge in [-0.05, 0) is 65.9 Å². The number of carboxylic acids is 2. The number of carboxylic acid groups (broad SMARTS) is 2. The van der Waals surface area contributed by atoms with E-state index in [0.29, 0.717) is 22.3 Å². The lowest BCUT2D eigenvalue weighted by Gasteiger charge is -2.23.